The number of carbonyl (C=O) groups is 2. The van der Waals surface area contributed by atoms with E-state index < -0.39 is 5.91 Å². The Morgan fingerprint density at radius 1 is 1.17 bits per heavy atom. The number of hydrazine groups is 1. The Morgan fingerprint density at radius 2 is 1.93 bits per heavy atom. The van der Waals surface area contributed by atoms with Gasteiger partial charge in [-0.2, -0.15) is 4.68 Å². The molecule has 8 nitrogen and oxygen atoms in total. The van der Waals surface area contributed by atoms with Crippen LogP contribution in [-0.4, -0.2) is 32.0 Å². The minimum atomic E-state index is -0.441. The Labute approximate surface area is 178 Å². The second-order valence-corrected chi connectivity index (χ2v) is 9.68. The number of fused-ring (bicyclic) bond motifs is 1. The molecule has 0 spiro atoms. The number of aryl methyl sites for hydroxylation is 1. The Bertz CT molecular complexity index is 1070. The molecule has 1 unspecified atom stereocenters. The van der Waals surface area contributed by atoms with Crippen molar-refractivity contribution in [1.82, 2.24) is 31.1 Å². The van der Waals surface area contributed by atoms with Crippen LogP contribution in [0.2, 0.25) is 0 Å². The molecule has 9 heteroatoms. The van der Waals surface area contributed by atoms with E-state index in [9.17, 15) is 9.59 Å². The predicted molar refractivity (Wildman–Crippen MR) is 113 cm³/mol. The molecule has 2 aromatic heterocycles. The van der Waals surface area contributed by atoms with Crippen LogP contribution in [0.25, 0.3) is 5.69 Å². The Balaban J connectivity index is 1.43. The van der Waals surface area contributed by atoms with Gasteiger partial charge >= 0.3 is 0 Å². The van der Waals surface area contributed by atoms with E-state index in [4.69, 9.17) is 0 Å². The third-order valence-corrected chi connectivity index (χ3v) is 6.80. The highest BCUT2D eigenvalue weighted by Gasteiger charge is 2.30. The van der Waals surface area contributed by atoms with Crippen LogP contribution in [0.1, 0.15) is 57.7 Å². The van der Waals surface area contributed by atoms with Crippen molar-refractivity contribution in [2.75, 3.05) is 0 Å². The first-order chi connectivity index (χ1) is 14.3. The molecule has 0 fully saturated rings. The van der Waals surface area contributed by atoms with Gasteiger partial charge in [0.1, 0.15) is 6.33 Å². The predicted octanol–water partition coefficient (Wildman–Crippen LogP) is 2.95. The second kappa shape index (κ2) is 7.98. The number of hydrogen-bond acceptors (Lipinski definition) is 6. The number of aromatic nitrogens is 4. The standard InChI is InChI=1S/C21H24N6O2S/c1-21(2,3)14-8-9-17-13(10-14)11-18(30-17)20(29)24-23-19(28)15-6-4-5-7-16(15)27-12-22-25-26-27/h4-7,11-12,14H,8-10H2,1-3H3,(H,23,28)(H,24,29). The van der Waals surface area contributed by atoms with Gasteiger partial charge in [0.25, 0.3) is 11.8 Å². The summed E-state index contributed by atoms with van der Waals surface area (Å²) in [5.41, 5.74) is 7.41. The van der Waals surface area contributed by atoms with Crippen molar-refractivity contribution in [3.05, 3.63) is 57.5 Å². The first-order valence-electron chi connectivity index (χ1n) is 9.87. The summed E-state index contributed by atoms with van der Waals surface area (Å²) in [6, 6.07) is 8.87. The normalized spacial score (nSPS) is 16.0. The molecule has 2 heterocycles. The van der Waals surface area contributed by atoms with Crippen molar-refractivity contribution in [2.45, 2.75) is 40.0 Å². The average molecular weight is 425 g/mol. The van der Waals surface area contributed by atoms with Crippen LogP contribution in [-0.2, 0) is 12.8 Å². The summed E-state index contributed by atoms with van der Waals surface area (Å²) in [5, 5.41) is 11.0. The van der Waals surface area contributed by atoms with E-state index in [0.29, 0.717) is 22.0 Å². The van der Waals surface area contributed by atoms with Crippen LogP contribution in [0.15, 0.2) is 36.7 Å². The maximum absolute atomic E-state index is 12.6. The molecule has 0 radical (unpaired) electrons. The van der Waals surface area contributed by atoms with Crippen LogP contribution in [0.3, 0.4) is 0 Å². The first-order valence-corrected chi connectivity index (χ1v) is 10.7. The minimum Gasteiger partial charge on any atom is -0.267 e. The zero-order valence-corrected chi connectivity index (χ0v) is 18.0. The van der Waals surface area contributed by atoms with Crippen molar-refractivity contribution in [1.29, 1.82) is 0 Å². The molecular formula is C21H24N6O2S. The third kappa shape index (κ3) is 4.11. The number of para-hydroxylation sites is 1. The third-order valence-electron chi connectivity index (χ3n) is 5.57. The van der Waals surface area contributed by atoms with Gasteiger partial charge in [-0.15, -0.1) is 16.4 Å². The van der Waals surface area contributed by atoms with E-state index in [0.717, 1.165) is 19.3 Å². The summed E-state index contributed by atoms with van der Waals surface area (Å²) in [5.74, 6) is -0.142. The van der Waals surface area contributed by atoms with Crippen LogP contribution < -0.4 is 10.9 Å². The Hall–Kier alpha value is -3.07. The molecule has 1 aliphatic carbocycles. The lowest BCUT2D eigenvalue weighted by Crippen LogP contribution is -2.41. The number of tetrazole rings is 1. The number of nitrogens with zero attached hydrogens (tertiary/aromatic N) is 4. The lowest BCUT2D eigenvalue weighted by atomic mass is 9.72. The molecular weight excluding hydrogens is 400 g/mol. The molecule has 156 valence electrons. The van der Waals surface area contributed by atoms with Gasteiger partial charge in [0, 0.05) is 4.88 Å². The maximum Gasteiger partial charge on any atom is 0.279 e. The lowest BCUT2D eigenvalue weighted by molar-refractivity contribution is 0.0848. The van der Waals surface area contributed by atoms with E-state index in [1.165, 1.54) is 32.8 Å². The van der Waals surface area contributed by atoms with Crippen LogP contribution in [0.5, 0.6) is 0 Å². The molecule has 30 heavy (non-hydrogen) atoms. The molecule has 0 saturated heterocycles. The van der Waals surface area contributed by atoms with E-state index in [2.05, 4.69) is 47.1 Å². The van der Waals surface area contributed by atoms with Gasteiger partial charge in [-0.1, -0.05) is 32.9 Å². The number of amides is 2. The molecule has 1 atom stereocenters. The minimum absolute atomic E-state index is 0.253. The van der Waals surface area contributed by atoms with E-state index in [1.54, 1.807) is 24.3 Å². The molecule has 0 bridgehead atoms. The quantitative estimate of drug-likeness (QED) is 0.630. The van der Waals surface area contributed by atoms with Gasteiger partial charge in [0.15, 0.2) is 0 Å². The summed E-state index contributed by atoms with van der Waals surface area (Å²) in [6.07, 6.45) is 4.55. The van der Waals surface area contributed by atoms with Gasteiger partial charge in [0.05, 0.1) is 16.1 Å². The number of thiophene rings is 1. The van der Waals surface area contributed by atoms with Crippen molar-refractivity contribution in [2.24, 2.45) is 11.3 Å². The zero-order valence-electron chi connectivity index (χ0n) is 17.2. The van der Waals surface area contributed by atoms with Crippen molar-refractivity contribution < 1.29 is 9.59 Å². The number of nitrogens with one attached hydrogen (secondary N) is 2. The van der Waals surface area contributed by atoms with E-state index >= 15 is 0 Å². The van der Waals surface area contributed by atoms with Crippen molar-refractivity contribution in [3.8, 4) is 5.69 Å². The largest absolute Gasteiger partial charge is 0.279 e. The summed E-state index contributed by atoms with van der Waals surface area (Å²) in [4.78, 5) is 27.2. The van der Waals surface area contributed by atoms with Gasteiger partial charge in [-0.25, -0.2) is 0 Å². The fourth-order valence-electron chi connectivity index (χ4n) is 3.75. The molecule has 3 aromatic rings. The zero-order chi connectivity index (χ0) is 21.3. The highest BCUT2D eigenvalue weighted by atomic mass is 32.1. The summed E-state index contributed by atoms with van der Waals surface area (Å²) >= 11 is 1.51. The van der Waals surface area contributed by atoms with Gasteiger partial charge in [-0.05, 0) is 64.8 Å². The molecule has 4 rings (SSSR count). The smallest absolute Gasteiger partial charge is 0.267 e. The molecule has 1 aliphatic rings. The SMILES string of the molecule is CC(C)(C)C1CCc2sc(C(=O)NNC(=O)c3ccccc3-n3cnnn3)cc2C1. The van der Waals surface area contributed by atoms with Crippen molar-refractivity contribution >= 4 is 23.2 Å². The number of hydrogen-bond donors (Lipinski definition) is 2. The molecule has 1 aromatic carbocycles. The first kappa shape index (κ1) is 20.2. The highest BCUT2D eigenvalue weighted by Crippen LogP contribution is 2.40. The van der Waals surface area contributed by atoms with Crippen LogP contribution in [0, 0.1) is 11.3 Å². The number of rotatable bonds is 3. The second-order valence-electron chi connectivity index (χ2n) is 8.54. The molecule has 2 N–H and O–H groups in total. The summed E-state index contributed by atoms with van der Waals surface area (Å²) in [6.45, 7) is 6.81. The van der Waals surface area contributed by atoms with Gasteiger partial charge < -0.3 is 0 Å². The monoisotopic (exact) mass is 424 g/mol. The highest BCUT2D eigenvalue weighted by molar-refractivity contribution is 7.14. The van der Waals surface area contributed by atoms with Crippen LogP contribution in [0.4, 0.5) is 0 Å². The lowest BCUT2D eigenvalue weighted by Gasteiger charge is -2.33. The fourth-order valence-corrected chi connectivity index (χ4v) is 4.86. The Kier molecular flexibility index (Phi) is 5.38. The van der Waals surface area contributed by atoms with Gasteiger partial charge in [0.2, 0.25) is 0 Å². The van der Waals surface area contributed by atoms with Crippen molar-refractivity contribution in [3.63, 3.8) is 0 Å². The molecule has 2 amide bonds. The maximum atomic E-state index is 12.6. The van der Waals surface area contributed by atoms with E-state index in [-0.39, 0.29) is 11.3 Å². The summed E-state index contributed by atoms with van der Waals surface area (Å²) < 4.78 is 1.40. The molecule has 0 saturated carbocycles. The number of carbonyl (C=O) groups excluding carboxylic acids is 2. The summed E-state index contributed by atoms with van der Waals surface area (Å²) in [7, 11) is 0. The van der Waals surface area contributed by atoms with Gasteiger partial charge in [-0.3, -0.25) is 20.4 Å². The van der Waals surface area contributed by atoms with E-state index in [1.807, 2.05) is 6.07 Å². The average Bonchev–Trinajstić information content (AvgIpc) is 3.40. The fraction of sp³-hybridized carbons (Fsp3) is 0.381. The molecule has 0 aliphatic heterocycles. The Morgan fingerprint density at radius 3 is 2.67 bits per heavy atom. The topological polar surface area (TPSA) is 102 Å². The van der Waals surface area contributed by atoms with Crippen LogP contribution >= 0.6 is 11.3 Å². The number of benzene rings is 1.